The van der Waals surface area contributed by atoms with Gasteiger partial charge in [-0.25, -0.2) is 9.98 Å². The van der Waals surface area contributed by atoms with E-state index in [0.29, 0.717) is 5.92 Å². The number of amidine groups is 1. The fraction of sp³-hybridized carbons (Fsp3) is 0.650. The van der Waals surface area contributed by atoms with Gasteiger partial charge in [-0.3, -0.25) is 0 Å². The predicted octanol–water partition coefficient (Wildman–Crippen LogP) is 1.16. The number of hydrogen-bond donors (Lipinski definition) is 3. The van der Waals surface area contributed by atoms with E-state index in [9.17, 15) is 10.2 Å². The normalized spacial score (nSPS) is 25.5. The third kappa shape index (κ3) is 4.45. The summed E-state index contributed by atoms with van der Waals surface area (Å²) >= 11 is 1.91. The van der Waals surface area contributed by atoms with E-state index in [-0.39, 0.29) is 29.8 Å². The average Bonchev–Trinajstić information content (AvgIpc) is 3.20. The Morgan fingerprint density at radius 3 is 2.69 bits per heavy atom. The maximum absolute atomic E-state index is 9.75. The number of aliphatic imine (C=N–C) groups is 2. The maximum Gasteiger partial charge on any atom is 0.222 e. The van der Waals surface area contributed by atoms with E-state index < -0.39 is 0 Å². The van der Waals surface area contributed by atoms with E-state index >= 15 is 0 Å². The molecule has 0 bridgehead atoms. The van der Waals surface area contributed by atoms with Crippen LogP contribution in [0.15, 0.2) is 28.3 Å². The van der Waals surface area contributed by atoms with Crippen molar-refractivity contribution in [2.24, 2.45) is 15.9 Å². The molecule has 29 heavy (non-hydrogen) atoms. The molecule has 0 amide bonds. The minimum Gasteiger partial charge on any atom is -0.493 e. The summed E-state index contributed by atoms with van der Waals surface area (Å²) in [4.78, 5) is 18.2. The van der Waals surface area contributed by atoms with Gasteiger partial charge >= 0.3 is 0 Å². The molecule has 2 fully saturated rings. The Labute approximate surface area is 176 Å². The molecular formula is C20H30N6O2S. The van der Waals surface area contributed by atoms with Gasteiger partial charge in [0.15, 0.2) is 0 Å². The lowest BCUT2D eigenvalue weighted by Gasteiger charge is -2.38. The highest BCUT2D eigenvalue weighted by atomic mass is 32.2. The highest BCUT2D eigenvalue weighted by Gasteiger charge is 2.37. The number of nitrogens with zero attached hydrogens (tertiary/aromatic N) is 5. The number of fused-ring (bicyclic) bond motifs is 1. The number of pyridine rings is 1. The lowest BCUT2D eigenvalue weighted by Crippen LogP contribution is -2.53. The summed E-state index contributed by atoms with van der Waals surface area (Å²) < 4.78 is 0. The second-order valence-electron chi connectivity index (χ2n) is 8.10. The molecular weight excluding hydrogens is 388 g/mol. The Kier molecular flexibility index (Phi) is 6.15. The molecule has 1 aromatic heterocycles. The van der Waals surface area contributed by atoms with Crippen LogP contribution in [-0.4, -0.2) is 87.8 Å². The van der Waals surface area contributed by atoms with Gasteiger partial charge in [0.2, 0.25) is 11.8 Å². The van der Waals surface area contributed by atoms with Gasteiger partial charge in [0.1, 0.15) is 5.84 Å². The van der Waals surface area contributed by atoms with Crippen LogP contribution in [0.4, 0.5) is 5.69 Å². The quantitative estimate of drug-likeness (QED) is 0.675. The van der Waals surface area contributed by atoms with Crippen molar-refractivity contribution in [2.75, 3.05) is 43.4 Å². The molecule has 0 saturated carbocycles. The smallest absolute Gasteiger partial charge is 0.222 e. The summed E-state index contributed by atoms with van der Waals surface area (Å²) in [5.74, 6) is 3.26. The molecule has 3 atom stereocenters. The van der Waals surface area contributed by atoms with Crippen molar-refractivity contribution in [2.45, 2.75) is 37.6 Å². The number of thioether (sulfide) groups is 1. The van der Waals surface area contributed by atoms with Crippen LogP contribution in [0.2, 0.25) is 0 Å². The predicted molar refractivity (Wildman–Crippen MR) is 118 cm³/mol. The number of nitrogens with one attached hydrogen (secondary N) is 1. The molecule has 9 heteroatoms. The minimum atomic E-state index is 0.00571. The van der Waals surface area contributed by atoms with Crippen molar-refractivity contribution in [3.8, 4) is 5.88 Å². The number of hydrogen-bond acceptors (Lipinski definition) is 9. The van der Waals surface area contributed by atoms with Crippen LogP contribution in [0.25, 0.3) is 0 Å². The summed E-state index contributed by atoms with van der Waals surface area (Å²) in [6.07, 6.45) is 2.70. The monoisotopic (exact) mass is 418 g/mol. The van der Waals surface area contributed by atoms with Crippen molar-refractivity contribution in [1.82, 2.24) is 15.2 Å². The molecule has 0 radical (unpaired) electrons. The Bertz CT molecular complexity index is 778. The van der Waals surface area contributed by atoms with E-state index in [1.807, 2.05) is 17.8 Å². The Morgan fingerprint density at radius 2 is 2.00 bits per heavy atom. The van der Waals surface area contributed by atoms with E-state index in [2.05, 4.69) is 33.9 Å². The van der Waals surface area contributed by atoms with E-state index in [1.165, 1.54) is 0 Å². The zero-order valence-electron chi connectivity index (χ0n) is 17.0. The van der Waals surface area contributed by atoms with Gasteiger partial charge in [-0.1, -0.05) is 13.8 Å². The zero-order chi connectivity index (χ0) is 20.4. The topological polar surface area (TPSA) is 96.6 Å². The highest BCUT2D eigenvalue weighted by molar-refractivity contribution is 8.00. The van der Waals surface area contributed by atoms with Crippen molar-refractivity contribution in [3.05, 3.63) is 18.3 Å². The molecule has 4 rings (SSSR count). The summed E-state index contributed by atoms with van der Waals surface area (Å²) in [6, 6.07) is 3.90. The standard InChI is InChI=1S/C20H30N6O2S/c1-13(2)16(12-27)22-19-18-15(4-10-29-18)23-20(24-19)26-8-6-25(7-9-26)14-3-5-21-17(28)11-14/h3,5,11,13,15-16,18,27H,4,6-10,12H2,1-2H3,(H,21,28)(H,22,23,24). The molecule has 3 N–H and O–H groups in total. The van der Waals surface area contributed by atoms with Crippen molar-refractivity contribution < 1.29 is 10.2 Å². The van der Waals surface area contributed by atoms with Gasteiger partial charge < -0.3 is 25.3 Å². The van der Waals surface area contributed by atoms with Gasteiger partial charge in [0, 0.05) is 44.1 Å². The van der Waals surface area contributed by atoms with Crippen LogP contribution in [0, 0.1) is 5.92 Å². The summed E-state index contributed by atoms with van der Waals surface area (Å²) in [5.41, 5.74) is 0.989. The second kappa shape index (κ2) is 8.79. The van der Waals surface area contributed by atoms with Crippen LogP contribution in [0.1, 0.15) is 20.3 Å². The van der Waals surface area contributed by atoms with E-state index in [4.69, 9.17) is 9.98 Å². The Balaban J connectivity index is 1.46. The second-order valence-corrected chi connectivity index (χ2v) is 9.35. The van der Waals surface area contributed by atoms with Crippen LogP contribution < -0.4 is 10.2 Å². The van der Waals surface area contributed by atoms with Gasteiger partial charge in [-0.15, -0.1) is 11.8 Å². The summed E-state index contributed by atoms with van der Waals surface area (Å²) in [6.45, 7) is 7.67. The first kappa shape index (κ1) is 20.3. The maximum atomic E-state index is 9.75. The van der Waals surface area contributed by atoms with E-state index in [1.54, 1.807) is 12.3 Å². The first-order chi connectivity index (χ1) is 14.0. The molecule has 158 valence electrons. The van der Waals surface area contributed by atoms with Gasteiger partial charge in [0.25, 0.3) is 0 Å². The van der Waals surface area contributed by atoms with Gasteiger partial charge in [0.05, 0.1) is 23.9 Å². The average molecular weight is 419 g/mol. The number of rotatable bonds is 4. The SMILES string of the molecule is CC(C)C(CO)NC1=NC(N2CCN(c3ccnc(O)c3)CC2)=NC2CCSC12. The Hall–Kier alpha value is -2.00. The van der Waals surface area contributed by atoms with Crippen LogP contribution in [0.3, 0.4) is 0 Å². The van der Waals surface area contributed by atoms with E-state index in [0.717, 1.165) is 55.8 Å². The number of aromatic nitrogens is 1. The molecule has 0 aliphatic carbocycles. The first-order valence-corrected chi connectivity index (χ1v) is 11.4. The van der Waals surface area contributed by atoms with Gasteiger partial charge in [-0.05, 0) is 24.2 Å². The largest absolute Gasteiger partial charge is 0.493 e. The summed E-state index contributed by atoms with van der Waals surface area (Å²) in [5, 5.41) is 23.2. The van der Waals surface area contributed by atoms with Crippen LogP contribution >= 0.6 is 11.8 Å². The molecule has 3 aliphatic rings. The fourth-order valence-corrected chi connectivity index (χ4v) is 5.30. The fourth-order valence-electron chi connectivity index (χ4n) is 3.97. The molecule has 0 aromatic carbocycles. The summed E-state index contributed by atoms with van der Waals surface area (Å²) in [7, 11) is 0. The first-order valence-electron chi connectivity index (χ1n) is 10.4. The van der Waals surface area contributed by atoms with Gasteiger partial charge in [-0.2, -0.15) is 4.99 Å². The van der Waals surface area contributed by atoms with Crippen molar-refractivity contribution in [3.63, 3.8) is 0 Å². The Morgan fingerprint density at radius 1 is 1.24 bits per heavy atom. The molecule has 2 saturated heterocycles. The lowest BCUT2D eigenvalue weighted by molar-refractivity contribution is 0.225. The lowest BCUT2D eigenvalue weighted by atomic mass is 10.0. The number of piperazine rings is 1. The zero-order valence-corrected chi connectivity index (χ0v) is 17.8. The minimum absolute atomic E-state index is 0.00571. The number of aliphatic hydroxyl groups excluding tert-OH is 1. The van der Waals surface area contributed by atoms with Crippen LogP contribution in [-0.2, 0) is 0 Å². The number of aromatic hydroxyl groups is 1. The third-order valence-electron chi connectivity index (χ3n) is 5.82. The molecule has 3 aliphatic heterocycles. The number of guanidine groups is 1. The third-order valence-corrected chi connectivity index (χ3v) is 7.19. The molecule has 3 unspecified atom stereocenters. The van der Waals surface area contributed by atoms with Crippen molar-refractivity contribution in [1.29, 1.82) is 0 Å². The molecule has 4 heterocycles. The molecule has 8 nitrogen and oxygen atoms in total. The molecule has 0 spiro atoms. The molecule has 1 aromatic rings. The number of anilines is 1. The highest BCUT2D eigenvalue weighted by Crippen LogP contribution is 2.33. The van der Waals surface area contributed by atoms with Crippen molar-refractivity contribution >= 4 is 29.2 Å². The number of aliphatic hydroxyl groups is 1. The van der Waals surface area contributed by atoms with Crippen LogP contribution in [0.5, 0.6) is 5.88 Å².